The Morgan fingerprint density at radius 2 is 1.71 bits per heavy atom. The van der Waals surface area contributed by atoms with Crippen LogP contribution in [0.2, 0.25) is 0 Å². The van der Waals surface area contributed by atoms with E-state index in [2.05, 4.69) is 51.7 Å². The van der Waals surface area contributed by atoms with E-state index in [0.29, 0.717) is 0 Å². The van der Waals surface area contributed by atoms with Crippen molar-refractivity contribution < 1.29 is 0 Å². The maximum atomic E-state index is 4.61. The Bertz CT molecular complexity index is 518. The predicted molar refractivity (Wildman–Crippen MR) is 71.7 cm³/mol. The van der Waals surface area contributed by atoms with Gasteiger partial charge in [0.1, 0.15) is 10.4 Å². The fraction of sp³-hybridized carbons (Fsp3) is 0.308. The minimum Gasteiger partial charge on any atom is -0.265 e. The molecule has 0 amide bonds. The summed E-state index contributed by atoms with van der Waals surface area (Å²) in [5, 5.41) is 0. The monoisotopic (exact) mass is 291 g/mol. The molecule has 0 aliphatic heterocycles. The average Bonchev–Trinajstić information content (AvgIpc) is 2.28. The van der Waals surface area contributed by atoms with Gasteiger partial charge in [0, 0.05) is 23.4 Å². The van der Waals surface area contributed by atoms with Crippen molar-refractivity contribution in [2.24, 2.45) is 0 Å². The smallest absolute Gasteiger partial charge is 0.135 e. The summed E-state index contributed by atoms with van der Waals surface area (Å²) >= 11 is 3.44. The molecule has 0 aliphatic carbocycles. The van der Waals surface area contributed by atoms with Gasteiger partial charge in [0.25, 0.3) is 0 Å². The standard InChI is InChI=1S/C13H14BrN3/c1-13(2,3)12-16-10(8-11(14)17-12)9-4-6-15-7-5-9/h4-8H,1-3H3. The zero-order valence-electron chi connectivity index (χ0n) is 10.1. The summed E-state index contributed by atoms with van der Waals surface area (Å²) in [5.41, 5.74) is 1.90. The number of hydrogen-bond acceptors (Lipinski definition) is 3. The second-order valence-corrected chi connectivity index (χ2v) is 5.70. The van der Waals surface area contributed by atoms with Crippen molar-refractivity contribution in [2.45, 2.75) is 26.2 Å². The van der Waals surface area contributed by atoms with Crippen molar-refractivity contribution in [2.75, 3.05) is 0 Å². The fourth-order valence-electron chi connectivity index (χ4n) is 1.42. The molecule has 0 aliphatic rings. The largest absolute Gasteiger partial charge is 0.265 e. The molecule has 0 saturated heterocycles. The number of rotatable bonds is 1. The molecule has 2 heterocycles. The normalized spacial score (nSPS) is 11.5. The van der Waals surface area contributed by atoms with Gasteiger partial charge in [-0.25, -0.2) is 9.97 Å². The summed E-state index contributed by atoms with van der Waals surface area (Å²) in [5.74, 6) is 0.832. The van der Waals surface area contributed by atoms with Crippen molar-refractivity contribution in [1.29, 1.82) is 0 Å². The highest BCUT2D eigenvalue weighted by Crippen LogP contribution is 2.25. The first kappa shape index (κ1) is 12.2. The summed E-state index contributed by atoms with van der Waals surface area (Å²) in [6, 6.07) is 5.81. The molecule has 2 rings (SSSR count). The molecule has 4 heteroatoms. The lowest BCUT2D eigenvalue weighted by molar-refractivity contribution is 0.544. The van der Waals surface area contributed by atoms with E-state index < -0.39 is 0 Å². The summed E-state index contributed by atoms with van der Waals surface area (Å²) < 4.78 is 0.809. The third-order valence-electron chi connectivity index (χ3n) is 2.34. The molecule has 0 N–H and O–H groups in total. The lowest BCUT2D eigenvalue weighted by atomic mass is 9.95. The first-order valence-corrected chi connectivity index (χ1v) is 6.21. The van der Waals surface area contributed by atoms with Crippen LogP contribution in [0.3, 0.4) is 0 Å². The molecule has 2 aromatic rings. The molecule has 0 bridgehead atoms. The van der Waals surface area contributed by atoms with Gasteiger partial charge in [-0.2, -0.15) is 0 Å². The van der Waals surface area contributed by atoms with Gasteiger partial charge in [0.15, 0.2) is 0 Å². The van der Waals surface area contributed by atoms with E-state index >= 15 is 0 Å². The molecule has 17 heavy (non-hydrogen) atoms. The highest BCUT2D eigenvalue weighted by molar-refractivity contribution is 9.10. The van der Waals surface area contributed by atoms with Gasteiger partial charge in [-0.15, -0.1) is 0 Å². The fourth-order valence-corrected chi connectivity index (χ4v) is 1.81. The van der Waals surface area contributed by atoms with Crippen LogP contribution in [0.4, 0.5) is 0 Å². The highest BCUT2D eigenvalue weighted by atomic mass is 79.9. The van der Waals surface area contributed by atoms with Crippen molar-refractivity contribution >= 4 is 15.9 Å². The Morgan fingerprint density at radius 1 is 1.06 bits per heavy atom. The second-order valence-electron chi connectivity index (χ2n) is 4.89. The van der Waals surface area contributed by atoms with Crippen molar-refractivity contribution in [3.63, 3.8) is 0 Å². The molecule has 0 spiro atoms. The second kappa shape index (κ2) is 4.53. The maximum absolute atomic E-state index is 4.61. The zero-order chi connectivity index (χ0) is 12.5. The van der Waals surface area contributed by atoms with Crippen LogP contribution in [0, 0.1) is 0 Å². The van der Waals surface area contributed by atoms with Crippen LogP contribution >= 0.6 is 15.9 Å². The van der Waals surface area contributed by atoms with Gasteiger partial charge in [0.2, 0.25) is 0 Å². The summed E-state index contributed by atoms with van der Waals surface area (Å²) in [6.45, 7) is 6.31. The van der Waals surface area contributed by atoms with Crippen LogP contribution in [0.5, 0.6) is 0 Å². The molecular weight excluding hydrogens is 278 g/mol. The molecule has 88 valence electrons. The molecule has 3 nitrogen and oxygen atoms in total. The van der Waals surface area contributed by atoms with Gasteiger partial charge in [0.05, 0.1) is 5.69 Å². The number of halogens is 1. The van der Waals surface area contributed by atoms with Crippen molar-refractivity contribution in [1.82, 2.24) is 15.0 Å². The molecule has 0 fully saturated rings. The van der Waals surface area contributed by atoms with E-state index in [1.807, 2.05) is 18.2 Å². The average molecular weight is 292 g/mol. The van der Waals surface area contributed by atoms with Gasteiger partial charge >= 0.3 is 0 Å². The van der Waals surface area contributed by atoms with Crippen LogP contribution in [0.15, 0.2) is 35.2 Å². The topological polar surface area (TPSA) is 38.7 Å². The van der Waals surface area contributed by atoms with E-state index in [1.54, 1.807) is 12.4 Å². The third kappa shape index (κ3) is 2.88. The van der Waals surface area contributed by atoms with Crippen molar-refractivity contribution in [3.8, 4) is 11.3 Å². The van der Waals surface area contributed by atoms with E-state index in [4.69, 9.17) is 0 Å². The van der Waals surface area contributed by atoms with Crippen LogP contribution < -0.4 is 0 Å². The van der Waals surface area contributed by atoms with Crippen LogP contribution in [-0.2, 0) is 5.41 Å². The molecule has 0 atom stereocenters. The first-order valence-electron chi connectivity index (χ1n) is 5.42. The molecule has 0 saturated carbocycles. The third-order valence-corrected chi connectivity index (χ3v) is 2.75. The Kier molecular flexibility index (Phi) is 3.24. The minimum absolute atomic E-state index is 0.0639. The van der Waals surface area contributed by atoms with Gasteiger partial charge in [-0.05, 0) is 34.1 Å². The number of pyridine rings is 1. The van der Waals surface area contributed by atoms with E-state index in [1.165, 1.54) is 0 Å². The van der Waals surface area contributed by atoms with Crippen LogP contribution in [0.1, 0.15) is 26.6 Å². The van der Waals surface area contributed by atoms with Gasteiger partial charge in [-0.1, -0.05) is 20.8 Å². The Hall–Kier alpha value is -1.29. The van der Waals surface area contributed by atoms with Crippen molar-refractivity contribution in [3.05, 3.63) is 41.0 Å². The molecule has 2 aromatic heterocycles. The van der Waals surface area contributed by atoms with E-state index in [9.17, 15) is 0 Å². The highest BCUT2D eigenvalue weighted by Gasteiger charge is 2.18. The zero-order valence-corrected chi connectivity index (χ0v) is 11.7. The molecule has 0 radical (unpaired) electrons. The van der Waals surface area contributed by atoms with Gasteiger partial charge < -0.3 is 0 Å². The Morgan fingerprint density at radius 3 is 2.29 bits per heavy atom. The lowest BCUT2D eigenvalue weighted by Crippen LogP contribution is -2.16. The summed E-state index contributed by atoms with van der Waals surface area (Å²) in [6.07, 6.45) is 3.53. The Balaban J connectivity index is 2.54. The number of aromatic nitrogens is 3. The SMILES string of the molecule is CC(C)(C)c1nc(Br)cc(-c2ccncc2)n1. The first-order chi connectivity index (χ1) is 7.97. The quantitative estimate of drug-likeness (QED) is 0.754. The summed E-state index contributed by atoms with van der Waals surface area (Å²) in [7, 11) is 0. The molecule has 0 unspecified atom stereocenters. The predicted octanol–water partition coefficient (Wildman–Crippen LogP) is 3.60. The van der Waals surface area contributed by atoms with E-state index in [0.717, 1.165) is 21.7 Å². The number of hydrogen-bond donors (Lipinski definition) is 0. The summed E-state index contributed by atoms with van der Waals surface area (Å²) in [4.78, 5) is 13.0. The lowest BCUT2D eigenvalue weighted by Gasteiger charge is -2.17. The van der Waals surface area contributed by atoms with Crippen LogP contribution in [0.25, 0.3) is 11.3 Å². The van der Waals surface area contributed by atoms with E-state index in [-0.39, 0.29) is 5.41 Å². The van der Waals surface area contributed by atoms with Crippen LogP contribution in [-0.4, -0.2) is 15.0 Å². The molecule has 0 aromatic carbocycles. The minimum atomic E-state index is -0.0639. The maximum Gasteiger partial charge on any atom is 0.135 e. The Labute approximate surface area is 109 Å². The molecular formula is C13H14BrN3. The number of nitrogens with zero attached hydrogens (tertiary/aromatic N) is 3. The van der Waals surface area contributed by atoms with Gasteiger partial charge in [-0.3, -0.25) is 4.98 Å².